The molecule has 0 saturated carbocycles. The van der Waals surface area contributed by atoms with Gasteiger partial charge in [-0.15, -0.1) is 0 Å². The Hall–Kier alpha value is -2.81. The number of amides is 1. The van der Waals surface area contributed by atoms with Gasteiger partial charge in [0.1, 0.15) is 11.6 Å². The fourth-order valence-electron chi connectivity index (χ4n) is 5.24. The molecule has 36 heavy (non-hydrogen) atoms. The molecule has 2 fully saturated rings. The smallest absolute Gasteiger partial charge is 0.255 e. The van der Waals surface area contributed by atoms with E-state index < -0.39 is 11.9 Å². The summed E-state index contributed by atoms with van der Waals surface area (Å²) in [4.78, 5) is 25.9. The van der Waals surface area contributed by atoms with Gasteiger partial charge in [-0.3, -0.25) is 9.59 Å². The number of halogens is 1. The number of aliphatic hydroxyl groups is 1. The third-order valence-corrected chi connectivity index (χ3v) is 7.47. The van der Waals surface area contributed by atoms with E-state index >= 15 is 0 Å². The van der Waals surface area contributed by atoms with E-state index in [1.165, 1.54) is 6.07 Å². The third kappa shape index (κ3) is 4.90. The van der Waals surface area contributed by atoms with Crippen LogP contribution < -0.4 is 10.1 Å². The minimum Gasteiger partial charge on any atom is -0.492 e. The van der Waals surface area contributed by atoms with Crippen molar-refractivity contribution in [3.63, 3.8) is 0 Å². The van der Waals surface area contributed by atoms with Gasteiger partial charge < -0.3 is 24.6 Å². The summed E-state index contributed by atoms with van der Waals surface area (Å²) in [6.45, 7) is 6.16. The highest BCUT2D eigenvalue weighted by Gasteiger charge is 2.36. The zero-order chi connectivity index (χ0) is 25.4. The van der Waals surface area contributed by atoms with Crippen LogP contribution in [-0.2, 0) is 22.3 Å². The first-order valence-corrected chi connectivity index (χ1v) is 12.5. The van der Waals surface area contributed by atoms with Crippen LogP contribution in [-0.4, -0.2) is 62.0 Å². The highest BCUT2D eigenvalue weighted by Crippen LogP contribution is 2.36. The molecule has 0 unspecified atom stereocenters. The summed E-state index contributed by atoms with van der Waals surface area (Å²) in [5, 5.41) is 13.1. The number of carbonyl (C=O) groups excluding carboxylic acids is 2. The van der Waals surface area contributed by atoms with Crippen LogP contribution in [0.5, 0.6) is 5.75 Å². The van der Waals surface area contributed by atoms with Gasteiger partial charge in [0, 0.05) is 30.4 Å². The first kappa shape index (κ1) is 24.9. The van der Waals surface area contributed by atoms with Crippen LogP contribution in [0.4, 0.5) is 4.39 Å². The van der Waals surface area contributed by atoms with E-state index in [-0.39, 0.29) is 41.7 Å². The zero-order valence-corrected chi connectivity index (χ0v) is 20.7. The molecule has 5 rings (SSSR count). The normalized spacial score (nSPS) is 22.3. The topological polar surface area (TPSA) is 94.1 Å². The number of nitrogens with one attached hydrogen (secondary N) is 1. The van der Waals surface area contributed by atoms with Crippen LogP contribution in [0.3, 0.4) is 0 Å². The predicted molar refractivity (Wildman–Crippen MR) is 130 cm³/mol. The van der Waals surface area contributed by atoms with Crippen molar-refractivity contribution in [3.05, 3.63) is 63.5 Å². The SMILES string of the molecule is Cc1c(Cc2ccc(C(=O)CC3(C)COC3)c(F)c2)cc(C(=O)N[C@H]2CCOC[C@@H]2O)c2c1CCO2. The molecule has 1 amide bonds. The first-order chi connectivity index (χ1) is 17.2. The highest BCUT2D eigenvalue weighted by atomic mass is 19.1. The second-order valence-electron chi connectivity index (χ2n) is 10.5. The van der Waals surface area contributed by atoms with Crippen molar-refractivity contribution in [2.75, 3.05) is 33.0 Å². The van der Waals surface area contributed by atoms with Gasteiger partial charge in [0.05, 0.1) is 49.7 Å². The Balaban J connectivity index is 1.37. The molecule has 2 N–H and O–H groups in total. The Kier molecular flexibility index (Phi) is 6.85. The summed E-state index contributed by atoms with van der Waals surface area (Å²) in [6, 6.07) is 6.16. The molecule has 0 aliphatic carbocycles. The van der Waals surface area contributed by atoms with Crippen molar-refractivity contribution in [2.24, 2.45) is 5.41 Å². The Morgan fingerprint density at radius 1 is 1.17 bits per heavy atom. The van der Waals surface area contributed by atoms with Gasteiger partial charge in [-0.25, -0.2) is 4.39 Å². The van der Waals surface area contributed by atoms with E-state index in [0.29, 0.717) is 57.0 Å². The molecule has 8 heteroatoms. The first-order valence-electron chi connectivity index (χ1n) is 12.5. The molecule has 3 aliphatic heterocycles. The van der Waals surface area contributed by atoms with Crippen molar-refractivity contribution < 1.29 is 33.3 Å². The molecule has 2 aromatic carbocycles. The van der Waals surface area contributed by atoms with Crippen molar-refractivity contribution in [1.29, 1.82) is 0 Å². The molecule has 0 bridgehead atoms. The van der Waals surface area contributed by atoms with Crippen LogP contribution >= 0.6 is 0 Å². The predicted octanol–water partition coefficient (Wildman–Crippen LogP) is 3.15. The van der Waals surface area contributed by atoms with Gasteiger partial charge in [0.25, 0.3) is 5.91 Å². The lowest BCUT2D eigenvalue weighted by Gasteiger charge is -2.37. The molecule has 0 radical (unpaired) electrons. The Bertz CT molecular complexity index is 1190. The van der Waals surface area contributed by atoms with Gasteiger partial charge >= 0.3 is 0 Å². The maximum Gasteiger partial charge on any atom is 0.255 e. The standard InChI is InChI=1S/C28H32FNO6/c1-16-18(9-17-3-4-20(22(29)10-17)24(31)12-28(2)14-35-15-28)11-21(26-19(16)5-8-36-26)27(33)30-23-6-7-34-13-25(23)32/h3-4,10-11,23,25,32H,5-9,12-15H2,1-2H3,(H,30,33)/t23-,25-/m0/s1. The fraction of sp³-hybridized carbons (Fsp3) is 0.500. The summed E-state index contributed by atoms with van der Waals surface area (Å²) < 4.78 is 31.2. The molecule has 2 aromatic rings. The van der Waals surface area contributed by atoms with E-state index in [9.17, 15) is 19.1 Å². The van der Waals surface area contributed by atoms with Crippen molar-refractivity contribution >= 4 is 11.7 Å². The van der Waals surface area contributed by atoms with Crippen molar-refractivity contribution in [1.82, 2.24) is 5.32 Å². The van der Waals surface area contributed by atoms with Gasteiger partial charge in [-0.1, -0.05) is 13.0 Å². The highest BCUT2D eigenvalue weighted by molar-refractivity contribution is 5.98. The maximum atomic E-state index is 15.0. The minimum absolute atomic E-state index is 0.0982. The fourth-order valence-corrected chi connectivity index (χ4v) is 5.24. The van der Waals surface area contributed by atoms with E-state index in [1.807, 2.05) is 13.8 Å². The number of benzene rings is 2. The molecule has 3 heterocycles. The summed E-state index contributed by atoms with van der Waals surface area (Å²) >= 11 is 0. The quantitative estimate of drug-likeness (QED) is 0.571. The van der Waals surface area contributed by atoms with Crippen LogP contribution in [0.2, 0.25) is 0 Å². The van der Waals surface area contributed by atoms with Crippen molar-refractivity contribution in [2.45, 2.75) is 51.7 Å². The summed E-state index contributed by atoms with van der Waals surface area (Å²) in [6.07, 6.45) is 1.14. The number of Topliss-reactive ketones (excluding diaryl/α,β-unsaturated/α-hetero) is 1. The number of carbonyl (C=O) groups is 2. The molecule has 0 spiro atoms. The Morgan fingerprint density at radius 2 is 1.97 bits per heavy atom. The number of hydrogen-bond donors (Lipinski definition) is 2. The summed E-state index contributed by atoms with van der Waals surface area (Å²) in [5.41, 5.74) is 3.91. The van der Waals surface area contributed by atoms with Gasteiger partial charge in [-0.05, 0) is 54.7 Å². The molecule has 0 aromatic heterocycles. The Morgan fingerprint density at radius 3 is 2.67 bits per heavy atom. The number of aliphatic hydroxyl groups excluding tert-OH is 1. The second kappa shape index (κ2) is 9.92. The monoisotopic (exact) mass is 497 g/mol. The molecule has 7 nitrogen and oxygen atoms in total. The van der Waals surface area contributed by atoms with E-state index in [1.54, 1.807) is 18.2 Å². The van der Waals surface area contributed by atoms with Gasteiger partial charge in [0.15, 0.2) is 5.78 Å². The lowest BCUT2D eigenvalue weighted by atomic mass is 9.81. The zero-order valence-electron chi connectivity index (χ0n) is 20.7. The lowest BCUT2D eigenvalue weighted by Crippen LogP contribution is -2.48. The van der Waals surface area contributed by atoms with Crippen LogP contribution in [0.1, 0.15) is 62.7 Å². The minimum atomic E-state index is -0.759. The van der Waals surface area contributed by atoms with E-state index in [0.717, 1.165) is 22.3 Å². The largest absolute Gasteiger partial charge is 0.492 e. The van der Waals surface area contributed by atoms with Gasteiger partial charge in [0.2, 0.25) is 0 Å². The average molecular weight is 498 g/mol. The number of rotatable bonds is 7. The molecule has 2 saturated heterocycles. The lowest BCUT2D eigenvalue weighted by molar-refractivity contribution is -0.0997. The molecule has 2 atom stereocenters. The van der Waals surface area contributed by atoms with Gasteiger partial charge in [-0.2, -0.15) is 0 Å². The number of ketones is 1. The second-order valence-corrected chi connectivity index (χ2v) is 10.5. The number of ether oxygens (including phenoxy) is 3. The Labute approximate surface area is 209 Å². The summed E-state index contributed by atoms with van der Waals surface area (Å²) in [7, 11) is 0. The maximum absolute atomic E-state index is 15.0. The van der Waals surface area contributed by atoms with Crippen LogP contribution in [0.15, 0.2) is 24.3 Å². The molecule has 192 valence electrons. The number of fused-ring (bicyclic) bond motifs is 1. The van der Waals surface area contributed by atoms with E-state index in [4.69, 9.17) is 14.2 Å². The van der Waals surface area contributed by atoms with Crippen LogP contribution in [0, 0.1) is 18.2 Å². The summed E-state index contributed by atoms with van der Waals surface area (Å²) in [5.74, 6) is -0.475. The van der Waals surface area contributed by atoms with E-state index in [2.05, 4.69) is 5.32 Å². The number of hydrogen-bond acceptors (Lipinski definition) is 6. The third-order valence-electron chi connectivity index (χ3n) is 7.47. The molecule has 3 aliphatic rings. The van der Waals surface area contributed by atoms with Crippen molar-refractivity contribution in [3.8, 4) is 5.75 Å². The molecular formula is C28H32FNO6. The molecular weight excluding hydrogens is 465 g/mol. The average Bonchev–Trinajstić information content (AvgIpc) is 3.31. The van der Waals surface area contributed by atoms with Crippen LogP contribution in [0.25, 0.3) is 0 Å².